The minimum absolute atomic E-state index is 0.00454. The van der Waals surface area contributed by atoms with Crippen LogP contribution in [0.25, 0.3) is 0 Å². The lowest BCUT2D eigenvalue weighted by Gasteiger charge is -2.26. The summed E-state index contributed by atoms with van der Waals surface area (Å²) in [6.07, 6.45) is -0.537. The van der Waals surface area contributed by atoms with Crippen molar-refractivity contribution in [3.63, 3.8) is 0 Å². The van der Waals surface area contributed by atoms with E-state index in [4.69, 9.17) is 45.6 Å². The topological polar surface area (TPSA) is 133 Å². The molecule has 9 nitrogen and oxygen atoms in total. The minimum Gasteiger partial charge on any atom is -0.375 e. The molecule has 0 amide bonds. The number of hydrogen-bond acceptors (Lipinski definition) is 9. The lowest BCUT2D eigenvalue weighted by molar-refractivity contribution is -0.138. The molecular weight excluding hydrogens is 390 g/mol. The van der Waals surface area contributed by atoms with E-state index in [0.717, 1.165) is 0 Å². The molecule has 6 N–H and O–H groups in total. The third-order valence-electron chi connectivity index (χ3n) is 4.40. The number of hydrogen-bond donors (Lipinski definition) is 3. The molecule has 0 aliphatic carbocycles. The first-order valence-corrected chi connectivity index (χ1v) is 11.0. The van der Waals surface area contributed by atoms with Crippen molar-refractivity contribution in [2.24, 2.45) is 17.2 Å². The van der Waals surface area contributed by atoms with Gasteiger partial charge in [0.25, 0.3) is 0 Å². The van der Waals surface area contributed by atoms with Crippen molar-refractivity contribution in [1.29, 1.82) is 0 Å². The smallest absolute Gasteiger partial charge is 0.105 e. The van der Waals surface area contributed by atoms with E-state index >= 15 is 0 Å². The van der Waals surface area contributed by atoms with Crippen LogP contribution in [0.1, 0.15) is 41.5 Å². The van der Waals surface area contributed by atoms with E-state index < -0.39 is 0 Å². The maximum absolute atomic E-state index is 6.10. The van der Waals surface area contributed by atoms with E-state index in [1.54, 1.807) is 0 Å². The third kappa shape index (κ3) is 16.3. The monoisotopic (exact) mass is 437 g/mol. The van der Waals surface area contributed by atoms with Gasteiger partial charge in [-0.25, -0.2) is 0 Å². The quantitative estimate of drug-likeness (QED) is 0.251. The second kappa shape index (κ2) is 18.2. The second-order valence-corrected chi connectivity index (χ2v) is 8.00. The molecule has 30 heavy (non-hydrogen) atoms. The van der Waals surface area contributed by atoms with E-state index in [1.807, 2.05) is 41.5 Å². The Morgan fingerprint density at radius 1 is 0.433 bits per heavy atom. The van der Waals surface area contributed by atoms with Crippen LogP contribution in [0.2, 0.25) is 0 Å². The van der Waals surface area contributed by atoms with Gasteiger partial charge in [-0.1, -0.05) is 0 Å². The first kappa shape index (κ1) is 29.6. The number of nitrogens with two attached hydrogens (primary N) is 3. The summed E-state index contributed by atoms with van der Waals surface area (Å²) >= 11 is 0. The maximum atomic E-state index is 6.10. The highest BCUT2D eigenvalue weighted by molar-refractivity contribution is 4.64. The molecule has 0 heterocycles. The van der Waals surface area contributed by atoms with Gasteiger partial charge in [-0.15, -0.1) is 0 Å². The molecule has 182 valence electrons. The lowest BCUT2D eigenvalue weighted by Crippen LogP contribution is -2.36. The minimum atomic E-state index is -0.249. The van der Waals surface area contributed by atoms with Crippen LogP contribution in [0.3, 0.4) is 0 Å². The fourth-order valence-electron chi connectivity index (χ4n) is 2.24. The highest BCUT2D eigenvalue weighted by atomic mass is 16.6. The molecule has 0 saturated carbocycles. The van der Waals surface area contributed by atoms with Crippen molar-refractivity contribution in [2.45, 2.75) is 84.3 Å². The van der Waals surface area contributed by atoms with Gasteiger partial charge < -0.3 is 45.6 Å². The normalized spacial score (nSPS) is 19.1. The fourth-order valence-corrected chi connectivity index (χ4v) is 2.24. The molecule has 0 saturated heterocycles. The van der Waals surface area contributed by atoms with Crippen molar-refractivity contribution in [1.82, 2.24) is 0 Å². The van der Waals surface area contributed by atoms with E-state index in [9.17, 15) is 0 Å². The van der Waals surface area contributed by atoms with Crippen molar-refractivity contribution in [3.8, 4) is 0 Å². The standard InChI is InChI=1S/C21H47N3O6/c1-15(7-22)25-10-18(4)28-13-21(30-20(6)12-27-17(3)9-24)14-29-19(5)11-26-16(2)8-23/h15-21H,7-14,22-24H2,1-6H3. The van der Waals surface area contributed by atoms with Gasteiger partial charge in [0.1, 0.15) is 6.10 Å². The van der Waals surface area contributed by atoms with Crippen LogP contribution in [-0.4, -0.2) is 95.4 Å². The van der Waals surface area contributed by atoms with Gasteiger partial charge in [0, 0.05) is 19.6 Å². The third-order valence-corrected chi connectivity index (χ3v) is 4.40. The molecule has 0 aromatic carbocycles. The Morgan fingerprint density at radius 3 is 1.07 bits per heavy atom. The highest BCUT2D eigenvalue weighted by Crippen LogP contribution is 2.07. The molecule has 0 rings (SSSR count). The van der Waals surface area contributed by atoms with E-state index in [2.05, 4.69) is 0 Å². The van der Waals surface area contributed by atoms with Crippen LogP contribution < -0.4 is 17.2 Å². The molecule has 0 fully saturated rings. The largest absolute Gasteiger partial charge is 0.375 e. The van der Waals surface area contributed by atoms with Gasteiger partial charge in [0.05, 0.1) is 69.7 Å². The van der Waals surface area contributed by atoms with Gasteiger partial charge >= 0.3 is 0 Å². The molecule has 6 atom stereocenters. The molecular formula is C21H47N3O6. The number of ether oxygens (including phenoxy) is 6. The Hall–Kier alpha value is -0.360. The van der Waals surface area contributed by atoms with Crippen LogP contribution in [0.15, 0.2) is 0 Å². The molecule has 0 radical (unpaired) electrons. The van der Waals surface area contributed by atoms with E-state index in [1.165, 1.54) is 0 Å². The van der Waals surface area contributed by atoms with Gasteiger partial charge in [-0.05, 0) is 41.5 Å². The zero-order valence-electron chi connectivity index (χ0n) is 19.9. The summed E-state index contributed by atoms with van der Waals surface area (Å²) in [4.78, 5) is 0. The Bertz CT molecular complexity index is 370. The zero-order valence-corrected chi connectivity index (χ0v) is 19.9. The Kier molecular flexibility index (Phi) is 18.0. The van der Waals surface area contributed by atoms with E-state index in [-0.39, 0.29) is 42.7 Å². The summed E-state index contributed by atoms with van der Waals surface area (Å²) in [5.74, 6) is 0. The molecule has 0 spiro atoms. The fraction of sp³-hybridized carbons (Fsp3) is 1.00. The van der Waals surface area contributed by atoms with Gasteiger partial charge in [-0.2, -0.15) is 0 Å². The summed E-state index contributed by atoms with van der Waals surface area (Å²) in [7, 11) is 0. The van der Waals surface area contributed by atoms with Crippen molar-refractivity contribution >= 4 is 0 Å². The summed E-state index contributed by atoms with van der Waals surface area (Å²) in [5, 5.41) is 0. The Balaban J connectivity index is 4.52. The van der Waals surface area contributed by atoms with Crippen LogP contribution in [-0.2, 0) is 28.4 Å². The molecule has 6 unspecified atom stereocenters. The van der Waals surface area contributed by atoms with Gasteiger partial charge in [0.2, 0.25) is 0 Å². The maximum Gasteiger partial charge on any atom is 0.105 e. The summed E-state index contributed by atoms with van der Waals surface area (Å²) in [6, 6.07) is 0. The SMILES string of the molecule is CC(CN)OCC(C)OCC(COC(C)COC(C)CN)OC(C)COC(C)CN. The van der Waals surface area contributed by atoms with Crippen molar-refractivity contribution < 1.29 is 28.4 Å². The van der Waals surface area contributed by atoms with Crippen LogP contribution in [0.4, 0.5) is 0 Å². The molecule has 9 heteroatoms. The lowest BCUT2D eigenvalue weighted by atomic mass is 10.3. The molecule has 0 aromatic rings. The zero-order chi connectivity index (χ0) is 22.9. The first-order chi connectivity index (χ1) is 14.2. The van der Waals surface area contributed by atoms with Crippen LogP contribution >= 0.6 is 0 Å². The molecule has 0 bridgehead atoms. The highest BCUT2D eigenvalue weighted by Gasteiger charge is 2.19. The Labute approximate surface area is 183 Å². The van der Waals surface area contributed by atoms with Crippen molar-refractivity contribution in [3.05, 3.63) is 0 Å². The summed E-state index contributed by atoms with van der Waals surface area (Å²) < 4.78 is 34.8. The first-order valence-electron chi connectivity index (χ1n) is 11.0. The average Bonchev–Trinajstić information content (AvgIpc) is 2.75. The summed E-state index contributed by atoms with van der Waals surface area (Å²) in [6.45, 7) is 15.3. The van der Waals surface area contributed by atoms with Crippen LogP contribution in [0.5, 0.6) is 0 Å². The van der Waals surface area contributed by atoms with Crippen molar-refractivity contribution in [2.75, 3.05) is 52.7 Å². The van der Waals surface area contributed by atoms with Crippen LogP contribution in [0, 0.1) is 0 Å². The predicted molar refractivity (Wildman–Crippen MR) is 119 cm³/mol. The predicted octanol–water partition coefficient (Wildman–Crippen LogP) is 0.662. The number of rotatable bonds is 20. The second-order valence-electron chi connectivity index (χ2n) is 8.00. The molecule has 0 aromatic heterocycles. The molecule has 0 aliphatic rings. The van der Waals surface area contributed by atoms with E-state index in [0.29, 0.717) is 52.7 Å². The van der Waals surface area contributed by atoms with Gasteiger partial charge in [0.15, 0.2) is 0 Å². The van der Waals surface area contributed by atoms with Gasteiger partial charge in [-0.3, -0.25) is 0 Å². The summed E-state index contributed by atoms with van der Waals surface area (Å²) in [5.41, 5.74) is 16.7. The molecule has 0 aliphatic heterocycles. The Morgan fingerprint density at radius 2 is 0.733 bits per heavy atom. The average molecular weight is 438 g/mol.